The van der Waals surface area contributed by atoms with Crippen LogP contribution in [0.25, 0.3) is 0 Å². The molecule has 6 nitrogen and oxygen atoms in total. The van der Waals surface area contributed by atoms with Crippen LogP contribution in [0.3, 0.4) is 0 Å². The number of benzene rings is 1. The molecule has 1 aromatic rings. The number of rotatable bonds is 3. The van der Waals surface area contributed by atoms with Crippen molar-refractivity contribution in [3.05, 3.63) is 35.1 Å². The third-order valence-corrected chi connectivity index (χ3v) is 4.47. The molecule has 2 unspecified atom stereocenters. The lowest BCUT2D eigenvalue weighted by Gasteiger charge is -2.34. The Labute approximate surface area is 140 Å². The Balaban J connectivity index is 2.16. The van der Waals surface area contributed by atoms with Gasteiger partial charge in [-0.1, -0.05) is 6.07 Å². The van der Waals surface area contributed by atoms with E-state index in [2.05, 4.69) is 6.07 Å². The van der Waals surface area contributed by atoms with Gasteiger partial charge in [-0.25, -0.2) is 0 Å². The van der Waals surface area contributed by atoms with E-state index in [0.717, 1.165) is 5.56 Å². The maximum atomic E-state index is 12.5. The largest absolute Gasteiger partial charge is 0.493 e. The molecule has 0 bridgehead atoms. The first-order valence-electron chi connectivity index (χ1n) is 7.74. The maximum absolute atomic E-state index is 12.5. The van der Waals surface area contributed by atoms with Gasteiger partial charge >= 0.3 is 0 Å². The molecule has 1 aromatic carbocycles. The van der Waals surface area contributed by atoms with Crippen LogP contribution in [0.15, 0.2) is 29.5 Å². The Morgan fingerprint density at radius 2 is 2.00 bits per heavy atom. The van der Waals surface area contributed by atoms with Gasteiger partial charge in [-0.05, 0) is 24.1 Å². The van der Waals surface area contributed by atoms with E-state index in [-0.39, 0.29) is 11.7 Å². The number of hydrogen-bond donors (Lipinski definition) is 1. The van der Waals surface area contributed by atoms with Gasteiger partial charge in [-0.2, -0.15) is 5.26 Å². The highest BCUT2D eigenvalue weighted by molar-refractivity contribution is 6.01. The van der Waals surface area contributed by atoms with Gasteiger partial charge in [0.1, 0.15) is 11.7 Å². The molecule has 124 valence electrons. The average molecular weight is 326 g/mol. The number of hydrogen-bond acceptors (Lipinski definition) is 6. The molecule has 1 aliphatic heterocycles. The summed E-state index contributed by atoms with van der Waals surface area (Å²) in [6.07, 6.45) is 1.77. The normalized spacial score (nSPS) is 23.2. The van der Waals surface area contributed by atoms with Crippen LogP contribution >= 0.6 is 0 Å². The minimum Gasteiger partial charge on any atom is -0.493 e. The van der Waals surface area contributed by atoms with E-state index in [0.29, 0.717) is 42.1 Å². The van der Waals surface area contributed by atoms with Crippen LogP contribution in [-0.2, 0) is 9.53 Å². The third-order valence-electron chi connectivity index (χ3n) is 4.47. The van der Waals surface area contributed by atoms with E-state index >= 15 is 0 Å². The van der Waals surface area contributed by atoms with Gasteiger partial charge in [-0.3, -0.25) is 10.2 Å². The highest BCUT2D eigenvalue weighted by atomic mass is 16.5. The number of nitrogens with one attached hydrogen (secondary N) is 1. The van der Waals surface area contributed by atoms with Crippen molar-refractivity contribution >= 4 is 11.7 Å². The van der Waals surface area contributed by atoms with Crippen molar-refractivity contribution in [2.75, 3.05) is 14.2 Å². The molecule has 1 heterocycles. The molecule has 0 radical (unpaired) electrons. The number of Topliss-reactive ketones (excluding diaryl/α,β-unsaturated/α-hetero) is 1. The Hall–Kier alpha value is -2.81. The summed E-state index contributed by atoms with van der Waals surface area (Å²) in [7, 11) is 3.08. The van der Waals surface area contributed by atoms with Gasteiger partial charge in [-0.15, -0.1) is 0 Å². The zero-order chi connectivity index (χ0) is 17.3. The number of nitrogens with zero attached hydrogens (tertiary/aromatic N) is 1. The standard InChI is InChI=1S/C18H18N2O4/c1-22-13-7-6-10(8-15(13)23-2)16-11(9-19)18(20)24-14-5-3-4-12(21)17(14)16/h6-8,11,16,20H,3-5H2,1-2H3. The Bertz CT molecular complexity index is 776. The summed E-state index contributed by atoms with van der Waals surface area (Å²) in [4.78, 5) is 12.5. The second kappa shape index (κ2) is 6.36. The lowest BCUT2D eigenvalue weighted by Crippen LogP contribution is -2.34. The predicted octanol–water partition coefficient (Wildman–Crippen LogP) is 2.94. The molecule has 3 rings (SSSR count). The molecule has 0 saturated carbocycles. The zero-order valence-electron chi connectivity index (χ0n) is 13.6. The van der Waals surface area contributed by atoms with Crippen LogP contribution < -0.4 is 9.47 Å². The maximum Gasteiger partial charge on any atom is 0.205 e. The molecule has 2 aliphatic rings. The molecule has 0 amide bonds. The zero-order valence-corrected chi connectivity index (χ0v) is 13.6. The average Bonchev–Trinajstić information content (AvgIpc) is 2.60. The first kappa shape index (κ1) is 16.1. The van der Waals surface area contributed by atoms with Crippen LogP contribution in [0, 0.1) is 22.7 Å². The second-order valence-electron chi connectivity index (χ2n) is 5.78. The second-order valence-corrected chi connectivity index (χ2v) is 5.78. The molecule has 0 aromatic heterocycles. The first-order valence-corrected chi connectivity index (χ1v) is 7.74. The Morgan fingerprint density at radius 1 is 1.25 bits per heavy atom. The van der Waals surface area contributed by atoms with Crippen molar-refractivity contribution in [1.82, 2.24) is 0 Å². The molecule has 1 N–H and O–H groups in total. The fraction of sp³-hybridized carbons (Fsp3) is 0.389. The van der Waals surface area contributed by atoms with Crippen molar-refractivity contribution in [2.24, 2.45) is 5.92 Å². The van der Waals surface area contributed by atoms with Gasteiger partial charge in [0.2, 0.25) is 5.90 Å². The smallest absolute Gasteiger partial charge is 0.205 e. The van der Waals surface area contributed by atoms with E-state index in [9.17, 15) is 10.1 Å². The van der Waals surface area contributed by atoms with Crippen LogP contribution in [0.4, 0.5) is 0 Å². The van der Waals surface area contributed by atoms with Crippen LogP contribution in [0.2, 0.25) is 0 Å². The number of ether oxygens (including phenoxy) is 3. The van der Waals surface area contributed by atoms with Crippen molar-refractivity contribution in [3.63, 3.8) is 0 Å². The SMILES string of the molecule is COc1ccc(C2C3=C(CCCC3=O)OC(=N)C2C#N)cc1OC. The molecule has 6 heteroatoms. The summed E-state index contributed by atoms with van der Waals surface area (Å²) in [6, 6.07) is 7.43. The van der Waals surface area contributed by atoms with Crippen molar-refractivity contribution in [1.29, 1.82) is 10.7 Å². The quantitative estimate of drug-likeness (QED) is 0.922. The number of carbonyl (C=O) groups is 1. The summed E-state index contributed by atoms with van der Waals surface area (Å²) in [5.41, 5.74) is 1.27. The number of methoxy groups -OCH3 is 2. The summed E-state index contributed by atoms with van der Waals surface area (Å²) >= 11 is 0. The van der Waals surface area contributed by atoms with E-state index in [1.54, 1.807) is 19.2 Å². The number of nitriles is 1. The van der Waals surface area contributed by atoms with E-state index in [4.69, 9.17) is 19.6 Å². The lowest BCUT2D eigenvalue weighted by molar-refractivity contribution is -0.116. The molecule has 1 aliphatic carbocycles. The minimum atomic E-state index is -0.830. The summed E-state index contributed by atoms with van der Waals surface area (Å²) in [5, 5.41) is 17.6. The molecule has 2 atom stereocenters. The van der Waals surface area contributed by atoms with E-state index < -0.39 is 11.8 Å². The molecular formula is C18H18N2O4. The van der Waals surface area contributed by atoms with Crippen molar-refractivity contribution in [3.8, 4) is 17.6 Å². The molecule has 0 fully saturated rings. The third kappa shape index (κ3) is 2.52. The highest BCUT2D eigenvalue weighted by Crippen LogP contribution is 2.44. The van der Waals surface area contributed by atoms with Crippen molar-refractivity contribution in [2.45, 2.75) is 25.2 Å². The van der Waals surface area contributed by atoms with Crippen molar-refractivity contribution < 1.29 is 19.0 Å². The van der Waals surface area contributed by atoms with E-state index in [1.807, 2.05) is 6.07 Å². The van der Waals surface area contributed by atoms with Crippen LogP contribution in [-0.4, -0.2) is 25.9 Å². The monoisotopic (exact) mass is 326 g/mol. The Kier molecular flexibility index (Phi) is 4.26. The van der Waals surface area contributed by atoms with Gasteiger partial charge in [0.15, 0.2) is 17.3 Å². The summed E-state index contributed by atoms with van der Waals surface area (Å²) < 4.78 is 16.1. The Morgan fingerprint density at radius 3 is 2.67 bits per heavy atom. The molecular weight excluding hydrogens is 308 g/mol. The molecule has 24 heavy (non-hydrogen) atoms. The van der Waals surface area contributed by atoms with Gasteiger partial charge < -0.3 is 14.2 Å². The number of carbonyl (C=O) groups excluding carboxylic acids is 1. The summed E-state index contributed by atoms with van der Waals surface area (Å²) in [5.74, 6) is 0.163. The molecule has 0 spiro atoms. The molecule has 0 saturated heterocycles. The van der Waals surface area contributed by atoms with Gasteiger partial charge in [0, 0.05) is 24.3 Å². The number of allylic oxidation sites excluding steroid dienone is 2. The fourth-order valence-corrected chi connectivity index (χ4v) is 3.34. The minimum absolute atomic E-state index is 0.0104. The van der Waals surface area contributed by atoms with Crippen LogP contribution in [0.1, 0.15) is 30.7 Å². The highest BCUT2D eigenvalue weighted by Gasteiger charge is 2.42. The fourth-order valence-electron chi connectivity index (χ4n) is 3.34. The lowest BCUT2D eigenvalue weighted by atomic mass is 9.74. The van der Waals surface area contributed by atoms with Crippen LogP contribution in [0.5, 0.6) is 11.5 Å². The van der Waals surface area contributed by atoms with Gasteiger partial charge in [0.05, 0.1) is 20.3 Å². The topological polar surface area (TPSA) is 92.4 Å². The number of ketones is 1. The first-order chi connectivity index (χ1) is 11.6. The summed E-state index contributed by atoms with van der Waals surface area (Å²) in [6.45, 7) is 0. The van der Waals surface area contributed by atoms with E-state index in [1.165, 1.54) is 7.11 Å². The van der Waals surface area contributed by atoms with Gasteiger partial charge in [0.25, 0.3) is 0 Å². The predicted molar refractivity (Wildman–Crippen MR) is 86.1 cm³/mol.